The molecule has 2 N–H and O–H groups in total. The van der Waals surface area contributed by atoms with Crippen LogP contribution in [0.15, 0.2) is 24.3 Å². The SMILES string of the molecule is CC(C)=C[C@H](C)Nc1ncnc2nc[nH]c12. The van der Waals surface area contributed by atoms with Crippen LogP contribution >= 0.6 is 0 Å². The number of nitrogens with one attached hydrogen (secondary N) is 2. The van der Waals surface area contributed by atoms with Crippen LogP contribution in [0.4, 0.5) is 5.82 Å². The summed E-state index contributed by atoms with van der Waals surface area (Å²) in [4.78, 5) is 15.4. The average Bonchev–Trinajstić information content (AvgIpc) is 2.65. The Morgan fingerprint density at radius 1 is 1.38 bits per heavy atom. The molecule has 16 heavy (non-hydrogen) atoms. The second-order valence-corrected chi connectivity index (χ2v) is 4.00. The molecule has 0 unspecified atom stereocenters. The van der Waals surface area contributed by atoms with Crippen LogP contribution < -0.4 is 5.32 Å². The molecule has 2 heterocycles. The maximum atomic E-state index is 4.20. The Hall–Kier alpha value is -1.91. The zero-order valence-electron chi connectivity index (χ0n) is 9.65. The number of rotatable bonds is 3. The van der Waals surface area contributed by atoms with Crippen LogP contribution in [0, 0.1) is 0 Å². The zero-order chi connectivity index (χ0) is 11.5. The normalized spacial score (nSPS) is 12.4. The number of anilines is 1. The molecule has 0 radical (unpaired) electrons. The standard InChI is InChI=1S/C11H15N5/c1-7(2)4-8(3)16-11-9-10(13-5-12-9)14-6-15-11/h4-6,8H,1-3H3,(H2,12,13,14,15,16)/t8-/m0/s1. The first-order chi connectivity index (χ1) is 7.66. The second kappa shape index (κ2) is 4.30. The van der Waals surface area contributed by atoms with Crippen molar-refractivity contribution in [2.45, 2.75) is 26.8 Å². The molecule has 0 aliphatic carbocycles. The molecule has 2 aromatic heterocycles. The van der Waals surface area contributed by atoms with Gasteiger partial charge in [-0.2, -0.15) is 0 Å². The van der Waals surface area contributed by atoms with Crippen molar-refractivity contribution in [3.8, 4) is 0 Å². The van der Waals surface area contributed by atoms with E-state index in [2.05, 4.69) is 52.1 Å². The number of fused-ring (bicyclic) bond motifs is 1. The van der Waals surface area contributed by atoms with Gasteiger partial charge < -0.3 is 10.3 Å². The first-order valence-corrected chi connectivity index (χ1v) is 5.22. The molecule has 0 saturated carbocycles. The predicted octanol–water partition coefficient (Wildman–Crippen LogP) is 2.12. The van der Waals surface area contributed by atoms with Crippen LogP contribution in [0.5, 0.6) is 0 Å². The molecule has 1 atom stereocenters. The fraction of sp³-hybridized carbons (Fsp3) is 0.364. The Bertz CT molecular complexity index is 510. The molecule has 0 amide bonds. The van der Waals surface area contributed by atoms with E-state index >= 15 is 0 Å². The maximum absolute atomic E-state index is 4.20. The van der Waals surface area contributed by atoms with E-state index in [-0.39, 0.29) is 6.04 Å². The molecule has 2 aromatic rings. The number of allylic oxidation sites excluding steroid dienone is 1. The van der Waals surface area contributed by atoms with Gasteiger partial charge in [-0.3, -0.25) is 0 Å². The first-order valence-electron chi connectivity index (χ1n) is 5.22. The first kappa shape index (κ1) is 10.6. The number of aromatic amines is 1. The van der Waals surface area contributed by atoms with Gasteiger partial charge in [0.1, 0.15) is 11.8 Å². The lowest BCUT2D eigenvalue weighted by Gasteiger charge is -2.11. The largest absolute Gasteiger partial charge is 0.362 e. The van der Waals surface area contributed by atoms with Crippen LogP contribution in [0.3, 0.4) is 0 Å². The van der Waals surface area contributed by atoms with Crippen LogP contribution in [-0.4, -0.2) is 26.0 Å². The molecule has 0 aliphatic rings. The molecule has 0 aliphatic heterocycles. The van der Waals surface area contributed by atoms with E-state index in [0.717, 1.165) is 11.3 Å². The van der Waals surface area contributed by atoms with Gasteiger partial charge in [0, 0.05) is 6.04 Å². The lowest BCUT2D eigenvalue weighted by Crippen LogP contribution is -2.13. The zero-order valence-corrected chi connectivity index (χ0v) is 9.65. The highest BCUT2D eigenvalue weighted by molar-refractivity contribution is 5.82. The van der Waals surface area contributed by atoms with Crippen LogP contribution in [-0.2, 0) is 0 Å². The minimum atomic E-state index is 0.228. The van der Waals surface area contributed by atoms with Gasteiger partial charge in [-0.15, -0.1) is 0 Å². The fourth-order valence-electron chi connectivity index (χ4n) is 1.63. The van der Waals surface area contributed by atoms with E-state index in [9.17, 15) is 0 Å². The van der Waals surface area contributed by atoms with Crippen molar-refractivity contribution in [3.63, 3.8) is 0 Å². The monoisotopic (exact) mass is 217 g/mol. The number of H-pyrrole nitrogens is 1. The van der Waals surface area contributed by atoms with Crippen LogP contribution in [0.25, 0.3) is 11.2 Å². The minimum absolute atomic E-state index is 0.228. The van der Waals surface area contributed by atoms with E-state index in [0.29, 0.717) is 5.65 Å². The molecule has 84 valence electrons. The molecule has 2 rings (SSSR count). The Morgan fingerprint density at radius 2 is 2.19 bits per heavy atom. The van der Waals surface area contributed by atoms with Gasteiger partial charge in [0.15, 0.2) is 11.5 Å². The Morgan fingerprint density at radius 3 is 2.94 bits per heavy atom. The summed E-state index contributed by atoms with van der Waals surface area (Å²) < 4.78 is 0. The molecule has 0 spiro atoms. The fourth-order valence-corrected chi connectivity index (χ4v) is 1.63. The topological polar surface area (TPSA) is 66.5 Å². The highest BCUT2D eigenvalue weighted by Gasteiger charge is 2.06. The van der Waals surface area contributed by atoms with E-state index in [1.54, 1.807) is 6.33 Å². The van der Waals surface area contributed by atoms with Gasteiger partial charge in [0.25, 0.3) is 0 Å². The summed E-state index contributed by atoms with van der Waals surface area (Å²) in [6.45, 7) is 6.23. The van der Waals surface area contributed by atoms with Crippen molar-refractivity contribution in [3.05, 3.63) is 24.3 Å². The predicted molar refractivity (Wildman–Crippen MR) is 64.2 cm³/mol. The number of hydrogen-bond donors (Lipinski definition) is 2. The minimum Gasteiger partial charge on any atom is -0.362 e. The lowest BCUT2D eigenvalue weighted by atomic mass is 10.2. The van der Waals surface area contributed by atoms with E-state index in [1.807, 2.05) is 0 Å². The van der Waals surface area contributed by atoms with E-state index < -0.39 is 0 Å². The Kier molecular flexibility index (Phi) is 2.85. The van der Waals surface area contributed by atoms with Crippen molar-refractivity contribution >= 4 is 17.0 Å². The van der Waals surface area contributed by atoms with Gasteiger partial charge in [-0.05, 0) is 20.8 Å². The quantitative estimate of drug-likeness (QED) is 0.773. The highest BCUT2D eigenvalue weighted by Crippen LogP contribution is 2.15. The van der Waals surface area contributed by atoms with Gasteiger partial charge in [-0.25, -0.2) is 15.0 Å². The third-order valence-electron chi connectivity index (χ3n) is 2.17. The summed E-state index contributed by atoms with van der Waals surface area (Å²) in [6.07, 6.45) is 5.28. The van der Waals surface area contributed by atoms with Crippen LogP contribution in [0.1, 0.15) is 20.8 Å². The van der Waals surface area contributed by atoms with Crippen LogP contribution in [0.2, 0.25) is 0 Å². The van der Waals surface area contributed by atoms with Crippen molar-refractivity contribution in [1.29, 1.82) is 0 Å². The molecule has 0 saturated heterocycles. The molecular formula is C11H15N5. The van der Waals surface area contributed by atoms with Crippen molar-refractivity contribution < 1.29 is 0 Å². The maximum Gasteiger partial charge on any atom is 0.182 e. The summed E-state index contributed by atoms with van der Waals surface area (Å²) >= 11 is 0. The van der Waals surface area contributed by atoms with E-state index in [1.165, 1.54) is 11.9 Å². The third kappa shape index (κ3) is 2.18. The van der Waals surface area contributed by atoms with Gasteiger partial charge >= 0.3 is 0 Å². The highest BCUT2D eigenvalue weighted by atomic mass is 15.1. The number of nitrogens with zero attached hydrogens (tertiary/aromatic N) is 3. The van der Waals surface area contributed by atoms with Gasteiger partial charge in [-0.1, -0.05) is 11.6 Å². The second-order valence-electron chi connectivity index (χ2n) is 4.00. The van der Waals surface area contributed by atoms with E-state index in [4.69, 9.17) is 0 Å². The lowest BCUT2D eigenvalue weighted by molar-refractivity contribution is 0.965. The molecule has 0 fully saturated rings. The van der Waals surface area contributed by atoms with Gasteiger partial charge in [0.2, 0.25) is 0 Å². The third-order valence-corrected chi connectivity index (χ3v) is 2.17. The molecule has 0 bridgehead atoms. The Labute approximate surface area is 94.0 Å². The molecule has 0 aromatic carbocycles. The van der Waals surface area contributed by atoms with Gasteiger partial charge in [0.05, 0.1) is 6.33 Å². The molecule has 5 heteroatoms. The van der Waals surface area contributed by atoms with Crippen molar-refractivity contribution in [2.24, 2.45) is 0 Å². The number of imidazole rings is 1. The number of aromatic nitrogens is 4. The summed E-state index contributed by atoms with van der Waals surface area (Å²) in [5, 5.41) is 3.30. The summed E-state index contributed by atoms with van der Waals surface area (Å²) in [5.74, 6) is 0.785. The number of hydrogen-bond acceptors (Lipinski definition) is 4. The van der Waals surface area contributed by atoms with Crippen molar-refractivity contribution in [2.75, 3.05) is 5.32 Å². The summed E-state index contributed by atoms with van der Waals surface area (Å²) in [5.41, 5.74) is 2.80. The summed E-state index contributed by atoms with van der Waals surface area (Å²) in [7, 11) is 0. The van der Waals surface area contributed by atoms with Crippen molar-refractivity contribution in [1.82, 2.24) is 19.9 Å². The molecule has 5 nitrogen and oxygen atoms in total. The average molecular weight is 217 g/mol. The smallest absolute Gasteiger partial charge is 0.182 e. The summed E-state index contributed by atoms with van der Waals surface area (Å²) in [6, 6.07) is 0.228. The Balaban J connectivity index is 2.27. The molecular weight excluding hydrogens is 202 g/mol.